The SMILES string of the molecule is CC(C)(C)OC(=O)NCC(=O)OC[C@H]1O[C@H](O)[C@H](O)[C@@H](O)[C@@H]1O. The molecule has 10 nitrogen and oxygen atoms in total. The number of carbonyl (C=O) groups is 2. The van der Waals surface area contributed by atoms with Crippen LogP contribution in [0, 0.1) is 0 Å². The lowest BCUT2D eigenvalue weighted by atomic mass is 9.99. The predicted molar refractivity (Wildman–Crippen MR) is 74.1 cm³/mol. The molecule has 1 saturated heterocycles. The molecule has 0 saturated carbocycles. The number of aliphatic hydroxyl groups excluding tert-OH is 4. The van der Waals surface area contributed by atoms with Gasteiger partial charge in [-0.1, -0.05) is 0 Å². The largest absolute Gasteiger partial charge is 0.461 e. The molecule has 1 rings (SSSR count). The average Bonchev–Trinajstić information content (AvgIpc) is 2.43. The van der Waals surface area contributed by atoms with Gasteiger partial charge in [-0.15, -0.1) is 0 Å². The quantitative estimate of drug-likeness (QED) is 0.361. The molecular weight excluding hydrogens is 314 g/mol. The number of esters is 1. The Kier molecular flexibility index (Phi) is 6.71. The van der Waals surface area contributed by atoms with Gasteiger partial charge in [-0.2, -0.15) is 0 Å². The molecule has 5 atom stereocenters. The Hall–Kier alpha value is -1.46. The zero-order chi connectivity index (χ0) is 17.8. The molecule has 1 amide bonds. The van der Waals surface area contributed by atoms with Gasteiger partial charge in [0.05, 0.1) is 0 Å². The first-order valence-electron chi connectivity index (χ1n) is 7.01. The third kappa shape index (κ3) is 6.28. The van der Waals surface area contributed by atoms with Gasteiger partial charge in [0.1, 0.15) is 43.2 Å². The first-order chi connectivity index (χ1) is 10.5. The second kappa shape index (κ2) is 7.88. The van der Waals surface area contributed by atoms with Crippen LogP contribution in [0.2, 0.25) is 0 Å². The molecule has 0 aromatic heterocycles. The standard InChI is InChI=1S/C13H23NO9/c1-13(2,3)23-12(20)14-4-7(15)21-5-6-8(16)9(17)10(18)11(19)22-6/h6,8-11,16-19H,4-5H2,1-3H3,(H,14,20)/t6-,8-,9+,10-,11+/m1/s1. The molecule has 0 aromatic carbocycles. The Bertz CT molecular complexity index is 422. The number of amides is 1. The Morgan fingerprint density at radius 1 is 1.09 bits per heavy atom. The molecule has 0 bridgehead atoms. The Morgan fingerprint density at radius 2 is 1.70 bits per heavy atom. The minimum atomic E-state index is -1.71. The van der Waals surface area contributed by atoms with Crippen molar-refractivity contribution >= 4 is 12.1 Å². The third-order valence-electron chi connectivity index (χ3n) is 2.87. The van der Waals surface area contributed by atoms with Crippen LogP contribution < -0.4 is 5.32 Å². The van der Waals surface area contributed by atoms with Crippen molar-refractivity contribution in [2.75, 3.05) is 13.2 Å². The Labute approximate surface area is 133 Å². The van der Waals surface area contributed by atoms with Crippen LogP contribution in [-0.2, 0) is 19.0 Å². The predicted octanol–water partition coefficient (Wildman–Crippen LogP) is -2.15. The second-order valence-electron chi connectivity index (χ2n) is 6.08. The lowest BCUT2D eigenvalue weighted by Crippen LogP contribution is -2.58. The molecule has 0 unspecified atom stereocenters. The van der Waals surface area contributed by atoms with Crippen LogP contribution in [-0.4, -0.2) is 81.9 Å². The molecule has 0 radical (unpaired) electrons. The van der Waals surface area contributed by atoms with Gasteiger partial charge in [-0.05, 0) is 20.8 Å². The molecule has 1 aliphatic heterocycles. The number of nitrogens with one attached hydrogen (secondary N) is 1. The van der Waals surface area contributed by atoms with E-state index in [1.807, 2.05) is 0 Å². The number of carbonyl (C=O) groups excluding carboxylic acids is 2. The highest BCUT2D eigenvalue weighted by atomic mass is 16.7. The van der Waals surface area contributed by atoms with Gasteiger partial charge in [0.15, 0.2) is 6.29 Å². The summed E-state index contributed by atoms with van der Waals surface area (Å²) in [7, 11) is 0. The van der Waals surface area contributed by atoms with E-state index in [0.717, 1.165) is 0 Å². The lowest BCUT2D eigenvalue weighted by Gasteiger charge is -2.37. The van der Waals surface area contributed by atoms with Crippen LogP contribution >= 0.6 is 0 Å². The van der Waals surface area contributed by atoms with Crippen LogP contribution in [0.4, 0.5) is 4.79 Å². The van der Waals surface area contributed by atoms with Crippen LogP contribution in [0.25, 0.3) is 0 Å². The Balaban J connectivity index is 2.34. The summed E-state index contributed by atoms with van der Waals surface area (Å²) in [5.41, 5.74) is -0.707. The van der Waals surface area contributed by atoms with Crippen LogP contribution in [0.15, 0.2) is 0 Å². The smallest absolute Gasteiger partial charge is 0.408 e. The van der Waals surface area contributed by atoms with E-state index in [1.54, 1.807) is 20.8 Å². The van der Waals surface area contributed by atoms with E-state index in [2.05, 4.69) is 5.32 Å². The first kappa shape index (κ1) is 19.6. The van der Waals surface area contributed by atoms with Gasteiger partial charge in [0.25, 0.3) is 0 Å². The van der Waals surface area contributed by atoms with Gasteiger partial charge in [0, 0.05) is 0 Å². The van der Waals surface area contributed by atoms with E-state index in [1.165, 1.54) is 0 Å². The van der Waals surface area contributed by atoms with Crippen molar-refractivity contribution in [3.8, 4) is 0 Å². The number of hydrogen-bond acceptors (Lipinski definition) is 9. The van der Waals surface area contributed by atoms with E-state index in [0.29, 0.717) is 0 Å². The fraction of sp³-hybridized carbons (Fsp3) is 0.846. The molecule has 23 heavy (non-hydrogen) atoms. The summed E-state index contributed by atoms with van der Waals surface area (Å²) in [5, 5.41) is 39.9. The highest BCUT2D eigenvalue weighted by Crippen LogP contribution is 2.20. The zero-order valence-corrected chi connectivity index (χ0v) is 13.1. The average molecular weight is 337 g/mol. The van der Waals surface area contributed by atoms with Crippen molar-refractivity contribution in [3.05, 3.63) is 0 Å². The maximum Gasteiger partial charge on any atom is 0.408 e. The highest BCUT2D eigenvalue weighted by molar-refractivity contribution is 5.78. The summed E-state index contributed by atoms with van der Waals surface area (Å²) in [6.45, 7) is 4.05. The van der Waals surface area contributed by atoms with Gasteiger partial charge in [-0.25, -0.2) is 4.79 Å². The molecule has 1 aliphatic rings. The van der Waals surface area contributed by atoms with Gasteiger partial charge in [0.2, 0.25) is 0 Å². The minimum Gasteiger partial charge on any atom is -0.461 e. The highest BCUT2D eigenvalue weighted by Gasteiger charge is 2.43. The molecule has 1 heterocycles. The Morgan fingerprint density at radius 3 is 2.26 bits per heavy atom. The fourth-order valence-corrected chi connectivity index (χ4v) is 1.75. The summed E-state index contributed by atoms with van der Waals surface area (Å²) >= 11 is 0. The minimum absolute atomic E-state index is 0.467. The molecule has 0 aliphatic carbocycles. The van der Waals surface area contributed by atoms with Crippen molar-refractivity contribution in [2.24, 2.45) is 0 Å². The van der Waals surface area contributed by atoms with E-state index < -0.39 is 61.5 Å². The first-order valence-corrected chi connectivity index (χ1v) is 7.01. The summed E-state index contributed by atoms with van der Waals surface area (Å²) < 4.78 is 14.5. The maximum atomic E-state index is 11.5. The summed E-state index contributed by atoms with van der Waals surface area (Å²) in [5.74, 6) is -0.832. The van der Waals surface area contributed by atoms with Crippen molar-refractivity contribution in [1.29, 1.82) is 0 Å². The van der Waals surface area contributed by atoms with E-state index >= 15 is 0 Å². The monoisotopic (exact) mass is 337 g/mol. The summed E-state index contributed by atoms with van der Waals surface area (Å²) in [6, 6.07) is 0. The van der Waals surface area contributed by atoms with Crippen molar-refractivity contribution < 1.29 is 44.2 Å². The van der Waals surface area contributed by atoms with Crippen molar-refractivity contribution in [3.63, 3.8) is 0 Å². The van der Waals surface area contributed by atoms with Crippen molar-refractivity contribution in [2.45, 2.75) is 57.1 Å². The lowest BCUT2D eigenvalue weighted by molar-refractivity contribution is -0.287. The molecule has 1 fully saturated rings. The molecular formula is C13H23NO9. The fourth-order valence-electron chi connectivity index (χ4n) is 1.75. The number of alkyl carbamates (subject to hydrolysis) is 1. The maximum absolute atomic E-state index is 11.5. The van der Waals surface area contributed by atoms with Gasteiger partial charge < -0.3 is 40.0 Å². The molecule has 0 spiro atoms. The molecule has 10 heteroatoms. The van der Waals surface area contributed by atoms with Crippen molar-refractivity contribution in [1.82, 2.24) is 5.32 Å². The van der Waals surface area contributed by atoms with Crippen LogP contribution in [0.1, 0.15) is 20.8 Å². The van der Waals surface area contributed by atoms with E-state index in [4.69, 9.17) is 14.2 Å². The third-order valence-corrected chi connectivity index (χ3v) is 2.87. The number of rotatable bonds is 4. The molecule has 5 N–H and O–H groups in total. The molecule has 134 valence electrons. The van der Waals surface area contributed by atoms with E-state index in [-0.39, 0.29) is 0 Å². The number of aliphatic hydroxyl groups is 4. The van der Waals surface area contributed by atoms with E-state index in [9.17, 15) is 30.0 Å². The summed E-state index contributed by atoms with van der Waals surface area (Å²) in [6.07, 6.45) is -8.56. The zero-order valence-electron chi connectivity index (χ0n) is 13.1. The van der Waals surface area contributed by atoms with Crippen LogP contribution in [0.3, 0.4) is 0 Å². The van der Waals surface area contributed by atoms with Gasteiger partial charge in [-0.3, -0.25) is 4.79 Å². The number of ether oxygens (including phenoxy) is 3. The second-order valence-corrected chi connectivity index (χ2v) is 6.08. The summed E-state index contributed by atoms with van der Waals surface area (Å²) in [4.78, 5) is 22.8. The van der Waals surface area contributed by atoms with Crippen LogP contribution in [0.5, 0.6) is 0 Å². The molecule has 0 aromatic rings. The normalized spacial score (nSPS) is 31.3. The topological polar surface area (TPSA) is 155 Å². The number of hydrogen-bond donors (Lipinski definition) is 5. The van der Waals surface area contributed by atoms with Gasteiger partial charge >= 0.3 is 12.1 Å².